The van der Waals surface area contributed by atoms with E-state index in [2.05, 4.69) is 5.32 Å². The molecular formula is C11H16N2O2S. The van der Waals surface area contributed by atoms with Gasteiger partial charge in [-0.15, -0.1) is 11.3 Å². The van der Waals surface area contributed by atoms with Crippen molar-refractivity contribution >= 4 is 28.0 Å². The van der Waals surface area contributed by atoms with E-state index in [0.29, 0.717) is 23.2 Å². The maximum Gasteiger partial charge on any atom is 0.350 e. The summed E-state index contributed by atoms with van der Waals surface area (Å²) in [7, 11) is 0. The van der Waals surface area contributed by atoms with Crippen LogP contribution in [0.25, 0.3) is 0 Å². The highest BCUT2D eigenvalue weighted by Gasteiger charge is 2.20. The number of thiophene rings is 1. The van der Waals surface area contributed by atoms with Crippen molar-refractivity contribution in [1.29, 1.82) is 0 Å². The number of hydrogen-bond acceptors (Lipinski definition) is 5. The quantitative estimate of drug-likeness (QED) is 0.793. The van der Waals surface area contributed by atoms with Crippen molar-refractivity contribution in [2.75, 3.05) is 17.7 Å². The van der Waals surface area contributed by atoms with Gasteiger partial charge in [0, 0.05) is 6.04 Å². The van der Waals surface area contributed by atoms with Gasteiger partial charge in [0.25, 0.3) is 0 Å². The van der Waals surface area contributed by atoms with E-state index in [4.69, 9.17) is 10.5 Å². The van der Waals surface area contributed by atoms with E-state index in [-0.39, 0.29) is 5.97 Å². The number of carbonyl (C=O) groups excluding carboxylic acids is 1. The van der Waals surface area contributed by atoms with Crippen molar-refractivity contribution in [2.24, 2.45) is 0 Å². The molecule has 1 fully saturated rings. The lowest BCUT2D eigenvalue weighted by atomic mass is 9.93. The summed E-state index contributed by atoms with van der Waals surface area (Å²) < 4.78 is 4.93. The summed E-state index contributed by atoms with van der Waals surface area (Å²) >= 11 is 1.37. The lowest BCUT2D eigenvalue weighted by Gasteiger charge is -2.26. The van der Waals surface area contributed by atoms with Crippen LogP contribution in [0.2, 0.25) is 0 Å². The lowest BCUT2D eigenvalue weighted by molar-refractivity contribution is 0.0533. The smallest absolute Gasteiger partial charge is 0.350 e. The predicted molar refractivity (Wildman–Crippen MR) is 65.9 cm³/mol. The van der Waals surface area contributed by atoms with Gasteiger partial charge in [0.05, 0.1) is 17.3 Å². The number of anilines is 2. The van der Waals surface area contributed by atoms with E-state index in [0.717, 1.165) is 5.00 Å². The third-order valence-corrected chi connectivity index (χ3v) is 3.74. The molecule has 16 heavy (non-hydrogen) atoms. The molecule has 0 radical (unpaired) electrons. The van der Waals surface area contributed by atoms with Gasteiger partial charge in [0.1, 0.15) is 4.88 Å². The second-order valence-electron chi connectivity index (χ2n) is 3.89. The molecular weight excluding hydrogens is 224 g/mol. The van der Waals surface area contributed by atoms with E-state index in [1.165, 1.54) is 30.6 Å². The van der Waals surface area contributed by atoms with Crippen LogP contribution in [0.15, 0.2) is 6.07 Å². The SMILES string of the molecule is CCOC(=O)c1sc(NC2CCC2)cc1N. The standard InChI is InChI=1S/C11H16N2O2S/c1-2-15-11(14)10-8(12)6-9(16-10)13-7-4-3-5-7/h6-7,13H,2-5,12H2,1H3. The van der Waals surface area contributed by atoms with Gasteiger partial charge in [-0.25, -0.2) is 4.79 Å². The molecule has 2 rings (SSSR count). The molecule has 0 bridgehead atoms. The molecule has 5 heteroatoms. The van der Waals surface area contributed by atoms with Gasteiger partial charge in [-0.2, -0.15) is 0 Å². The molecule has 1 aliphatic carbocycles. The van der Waals surface area contributed by atoms with E-state index in [9.17, 15) is 4.79 Å². The Balaban J connectivity index is 2.05. The third-order valence-electron chi connectivity index (χ3n) is 2.67. The zero-order valence-electron chi connectivity index (χ0n) is 9.29. The number of nitrogens with two attached hydrogens (primary N) is 1. The Morgan fingerprint density at radius 2 is 2.44 bits per heavy atom. The second kappa shape index (κ2) is 4.74. The summed E-state index contributed by atoms with van der Waals surface area (Å²) in [5, 5.41) is 4.33. The van der Waals surface area contributed by atoms with Crippen molar-refractivity contribution in [3.63, 3.8) is 0 Å². The summed E-state index contributed by atoms with van der Waals surface area (Å²) in [5.41, 5.74) is 6.28. The summed E-state index contributed by atoms with van der Waals surface area (Å²) in [6.45, 7) is 2.16. The van der Waals surface area contributed by atoms with E-state index < -0.39 is 0 Å². The third kappa shape index (κ3) is 2.29. The fourth-order valence-electron chi connectivity index (χ4n) is 1.59. The molecule has 1 aromatic heterocycles. The van der Waals surface area contributed by atoms with Gasteiger partial charge >= 0.3 is 5.97 Å². The molecule has 1 aliphatic rings. The van der Waals surface area contributed by atoms with Gasteiger partial charge in [-0.3, -0.25) is 0 Å². The van der Waals surface area contributed by atoms with Crippen molar-refractivity contribution < 1.29 is 9.53 Å². The first-order chi connectivity index (χ1) is 7.70. The minimum Gasteiger partial charge on any atom is -0.462 e. The lowest BCUT2D eigenvalue weighted by Crippen LogP contribution is -2.26. The largest absolute Gasteiger partial charge is 0.462 e. The van der Waals surface area contributed by atoms with Crippen molar-refractivity contribution in [3.05, 3.63) is 10.9 Å². The Morgan fingerprint density at radius 1 is 1.69 bits per heavy atom. The Kier molecular flexibility index (Phi) is 3.33. The summed E-state index contributed by atoms with van der Waals surface area (Å²) in [4.78, 5) is 12.0. The first-order valence-electron chi connectivity index (χ1n) is 5.53. The van der Waals surface area contributed by atoms with Crippen LogP contribution in [0.3, 0.4) is 0 Å². The Hall–Kier alpha value is -1.23. The maximum absolute atomic E-state index is 11.5. The number of nitrogens with one attached hydrogen (secondary N) is 1. The average molecular weight is 240 g/mol. The molecule has 0 spiro atoms. The van der Waals surface area contributed by atoms with Crippen LogP contribution in [0, 0.1) is 0 Å². The number of esters is 1. The molecule has 0 aromatic carbocycles. The molecule has 1 heterocycles. The van der Waals surface area contributed by atoms with Gasteiger partial charge in [-0.1, -0.05) is 0 Å². The molecule has 3 N–H and O–H groups in total. The average Bonchev–Trinajstić information content (AvgIpc) is 2.54. The minimum absolute atomic E-state index is 0.327. The van der Waals surface area contributed by atoms with Crippen molar-refractivity contribution in [2.45, 2.75) is 32.2 Å². The fraction of sp³-hybridized carbons (Fsp3) is 0.545. The number of ether oxygens (including phenoxy) is 1. The molecule has 88 valence electrons. The van der Waals surface area contributed by atoms with Crippen LogP contribution in [-0.4, -0.2) is 18.6 Å². The number of hydrogen-bond donors (Lipinski definition) is 2. The molecule has 0 amide bonds. The number of carbonyl (C=O) groups is 1. The van der Waals surface area contributed by atoms with Crippen LogP contribution in [0.1, 0.15) is 35.9 Å². The van der Waals surface area contributed by atoms with Gasteiger partial charge in [0.2, 0.25) is 0 Å². The van der Waals surface area contributed by atoms with Gasteiger partial charge in [-0.05, 0) is 32.3 Å². The Labute approximate surface area is 98.8 Å². The molecule has 0 saturated heterocycles. The molecule has 0 unspecified atom stereocenters. The monoisotopic (exact) mass is 240 g/mol. The van der Waals surface area contributed by atoms with Gasteiger partial charge in [0.15, 0.2) is 0 Å². The van der Waals surface area contributed by atoms with Crippen LogP contribution in [0.5, 0.6) is 0 Å². The first-order valence-corrected chi connectivity index (χ1v) is 6.35. The molecule has 0 aliphatic heterocycles. The first kappa shape index (κ1) is 11.3. The molecule has 1 aromatic rings. The Morgan fingerprint density at radius 3 is 3.00 bits per heavy atom. The molecule has 0 atom stereocenters. The van der Waals surface area contributed by atoms with Crippen LogP contribution in [0.4, 0.5) is 10.7 Å². The highest BCUT2D eigenvalue weighted by molar-refractivity contribution is 7.18. The van der Waals surface area contributed by atoms with Crippen LogP contribution >= 0.6 is 11.3 Å². The van der Waals surface area contributed by atoms with Gasteiger partial charge < -0.3 is 15.8 Å². The predicted octanol–water partition coefficient (Wildman–Crippen LogP) is 2.47. The van der Waals surface area contributed by atoms with E-state index in [1.807, 2.05) is 6.07 Å². The van der Waals surface area contributed by atoms with Crippen LogP contribution < -0.4 is 11.1 Å². The molecule has 1 saturated carbocycles. The van der Waals surface area contributed by atoms with E-state index >= 15 is 0 Å². The fourth-order valence-corrected chi connectivity index (χ4v) is 2.54. The second-order valence-corrected chi connectivity index (χ2v) is 4.94. The van der Waals surface area contributed by atoms with E-state index in [1.54, 1.807) is 6.92 Å². The van der Waals surface area contributed by atoms with Crippen LogP contribution in [-0.2, 0) is 4.74 Å². The van der Waals surface area contributed by atoms with Crippen molar-refractivity contribution in [1.82, 2.24) is 0 Å². The normalized spacial score (nSPS) is 15.6. The summed E-state index contributed by atoms with van der Waals surface area (Å²) in [5.74, 6) is -0.327. The Bertz CT molecular complexity index is 385. The number of nitrogen functional groups attached to an aromatic ring is 1. The topological polar surface area (TPSA) is 64.3 Å². The maximum atomic E-state index is 11.5. The zero-order valence-corrected chi connectivity index (χ0v) is 10.1. The highest BCUT2D eigenvalue weighted by atomic mass is 32.1. The molecule has 4 nitrogen and oxygen atoms in total. The zero-order chi connectivity index (χ0) is 11.5. The minimum atomic E-state index is -0.327. The highest BCUT2D eigenvalue weighted by Crippen LogP contribution is 2.32. The summed E-state index contributed by atoms with van der Waals surface area (Å²) in [6.07, 6.45) is 3.68. The summed E-state index contributed by atoms with van der Waals surface area (Å²) in [6, 6.07) is 2.36. The van der Waals surface area contributed by atoms with Crippen molar-refractivity contribution in [3.8, 4) is 0 Å². The number of rotatable bonds is 4.